The molecule has 2 aromatic carbocycles. The first-order chi connectivity index (χ1) is 14.1. The molecular formula is C22H23FN4O2. The Bertz CT molecular complexity index is 977. The van der Waals surface area contributed by atoms with E-state index in [1.54, 1.807) is 19.2 Å². The number of rotatable bonds is 7. The molecule has 150 valence electrons. The van der Waals surface area contributed by atoms with Crippen LogP contribution in [0.15, 0.2) is 54.7 Å². The molecule has 0 fully saturated rings. The summed E-state index contributed by atoms with van der Waals surface area (Å²) in [5.74, 6) is -0.346. The highest BCUT2D eigenvalue weighted by molar-refractivity contribution is 5.99. The lowest BCUT2D eigenvalue weighted by atomic mass is 10.1. The summed E-state index contributed by atoms with van der Waals surface area (Å²) in [6, 6.07) is 14.1. The summed E-state index contributed by atoms with van der Waals surface area (Å²) in [7, 11) is 1.61. The number of ether oxygens (including phenoxy) is 1. The number of hydrogen-bond donors (Lipinski definition) is 1. The van der Waals surface area contributed by atoms with Gasteiger partial charge in [0.25, 0.3) is 5.91 Å². The minimum atomic E-state index is -0.239. The quantitative estimate of drug-likeness (QED) is 0.626. The molecule has 1 aromatic heterocycles. The van der Waals surface area contributed by atoms with E-state index in [0.29, 0.717) is 38.3 Å². The molecule has 1 aliphatic heterocycles. The molecule has 7 heteroatoms. The van der Waals surface area contributed by atoms with Crippen molar-refractivity contribution in [2.24, 2.45) is 0 Å². The number of nitrogens with one attached hydrogen (secondary N) is 1. The van der Waals surface area contributed by atoms with Gasteiger partial charge in [0, 0.05) is 32.0 Å². The number of amides is 1. The molecule has 1 aliphatic rings. The van der Waals surface area contributed by atoms with Crippen LogP contribution in [-0.4, -0.2) is 35.9 Å². The molecular weight excluding hydrogens is 371 g/mol. The summed E-state index contributed by atoms with van der Waals surface area (Å²) in [4.78, 5) is 14.7. The van der Waals surface area contributed by atoms with E-state index in [0.717, 1.165) is 22.5 Å². The number of methoxy groups -OCH3 is 1. The van der Waals surface area contributed by atoms with Crippen LogP contribution >= 0.6 is 0 Å². The molecule has 0 bridgehead atoms. The maximum atomic E-state index is 13.1. The van der Waals surface area contributed by atoms with E-state index in [9.17, 15) is 9.18 Å². The summed E-state index contributed by atoms with van der Waals surface area (Å²) in [5, 5.41) is 7.57. The van der Waals surface area contributed by atoms with Crippen molar-refractivity contribution in [3.8, 4) is 0 Å². The first-order valence-electron chi connectivity index (χ1n) is 9.55. The lowest BCUT2D eigenvalue weighted by Gasteiger charge is -2.21. The molecule has 2 heterocycles. The first kappa shape index (κ1) is 19.1. The zero-order valence-electron chi connectivity index (χ0n) is 16.3. The third kappa shape index (κ3) is 4.30. The van der Waals surface area contributed by atoms with Crippen molar-refractivity contribution in [1.29, 1.82) is 0 Å². The van der Waals surface area contributed by atoms with Crippen LogP contribution in [0.5, 0.6) is 0 Å². The van der Waals surface area contributed by atoms with Crippen molar-refractivity contribution >= 4 is 11.6 Å². The second-order valence-corrected chi connectivity index (χ2v) is 7.05. The van der Waals surface area contributed by atoms with Crippen molar-refractivity contribution in [3.05, 3.63) is 82.9 Å². The summed E-state index contributed by atoms with van der Waals surface area (Å²) in [6.45, 7) is 2.89. The van der Waals surface area contributed by atoms with Gasteiger partial charge in [0.1, 0.15) is 5.82 Å². The largest absolute Gasteiger partial charge is 0.383 e. The molecule has 0 saturated heterocycles. The molecule has 1 N–H and O–H groups in total. The summed E-state index contributed by atoms with van der Waals surface area (Å²) in [5.41, 5.74) is 4.68. The Labute approximate surface area is 168 Å². The van der Waals surface area contributed by atoms with Crippen molar-refractivity contribution in [2.45, 2.75) is 19.6 Å². The first-order valence-corrected chi connectivity index (χ1v) is 9.55. The number of para-hydroxylation sites is 1. The van der Waals surface area contributed by atoms with Gasteiger partial charge in [-0.2, -0.15) is 5.10 Å². The maximum Gasteiger partial charge on any atom is 0.253 e. The number of benzene rings is 2. The van der Waals surface area contributed by atoms with Crippen LogP contribution in [0.25, 0.3) is 0 Å². The fraction of sp³-hybridized carbons (Fsp3) is 0.273. The highest BCUT2D eigenvalue weighted by Gasteiger charge is 2.25. The number of nitrogens with zero attached hydrogens (tertiary/aromatic N) is 3. The standard InChI is InChI=1S/C22H23FN4O2/c1-29-11-10-24-22(28)19-4-2-3-5-21(19)26-13-17-14-27(25-20(17)15-26)12-16-6-8-18(23)9-7-16/h2-9,14H,10-13,15H2,1H3,(H,24,28). The van der Waals surface area contributed by atoms with E-state index >= 15 is 0 Å². The average molecular weight is 394 g/mol. The average Bonchev–Trinajstić information content (AvgIpc) is 3.28. The van der Waals surface area contributed by atoms with Gasteiger partial charge in [-0.15, -0.1) is 0 Å². The third-order valence-electron chi connectivity index (χ3n) is 4.97. The van der Waals surface area contributed by atoms with Gasteiger partial charge in [-0.3, -0.25) is 9.48 Å². The molecule has 29 heavy (non-hydrogen) atoms. The molecule has 0 radical (unpaired) electrons. The lowest BCUT2D eigenvalue weighted by Crippen LogP contribution is -2.29. The zero-order chi connectivity index (χ0) is 20.2. The monoisotopic (exact) mass is 394 g/mol. The Kier molecular flexibility index (Phi) is 5.57. The molecule has 0 aliphatic carbocycles. The Morgan fingerprint density at radius 3 is 2.72 bits per heavy atom. The van der Waals surface area contributed by atoms with Crippen LogP contribution in [0, 0.1) is 5.82 Å². The van der Waals surface area contributed by atoms with Gasteiger partial charge in [0.15, 0.2) is 0 Å². The fourth-order valence-corrected chi connectivity index (χ4v) is 3.54. The predicted octanol–water partition coefficient (Wildman–Crippen LogP) is 2.97. The Hall–Kier alpha value is -3.19. The number of hydrogen-bond acceptors (Lipinski definition) is 4. The summed E-state index contributed by atoms with van der Waals surface area (Å²) in [6.07, 6.45) is 2.03. The van der Waals surface area contributed by atoms with Crippen LogP contribution in [0.1, 0.15) is 27.2 Å². The van der Waals surface area contributed by atoms with Crippen LogP contribution < -0.4 is 10.2 Å². The van der Waals surface area contributed by atoms with Crippen molar-refractivity contribution in [2.75, 3.05) is 25.2 Å². The van der Waals surface area contributed by atoms with E-state index in [4.69, 9.17) is 4.74 Å². The van der Waals surface area contributed by atoms with E-state index in [2.05, 4.69) is 15.3 Å². The van der Waals surface area contributed by atoms with Crippen molar-refractivity contribution in [1.82, 2.24) is 15.1 Å². The summed E-state index contributed by atoms with van der Waals surface area (Å²) < 4.78 is 20.0. The van der Waals surface area contributed by atoms with Gasteiger partial charge in [-0.1, -0.05) is 24.3 Å². The fourth-order valence-electron chi connectivity index (χ4n) is 3.54. The summed E-state index contributed by atoms with van der Waals surface area (Å²) >= 11 is 0. The number of fused-ring (bicyclic) bond motifs is 1. The number of halogens is 1. The maximum absolute atomic E-state index is 13.1. The number of carbonyl (C=O) groups is 1. The molecule has 1 amide bonds. The van der Waals surface area contributed by atoms with E-state index < -0.39 is 0 Å². The molecule has 4 rings (SSSR count). The molecule has 0 atom stereocenters. The van der Waals surface area contributed by atoms with Gasteiger partial charge in [0.05, 0.1) is 36.6 Å². The van der Waals surface area contributed by atoms with Gasteiger partial charge in [-0.05, 0) is 29.8 Å². The number of aromatic nitrogens is 2. The Morgan fingerprint density at radius 1 is 1.17 bits per heavy atom. The van der Waals surface area contributed by atoms with Gasteiger partial charge in [0.2, 0.25) is 0 Å². The van der Waals surface area contributed by atoms with E-state index in [1.165, 1.54) is 12.1 Å². The van der Waals surface area contributed by atoms with Crippen LogP contribution in [0.4, 0.5) is 10.1 Å². The van der Waals surface area contributed by atoms with Gasteiger partial charge in [-0.25, -0.2) is 4.39 Å². The molecule has 0 spiro atoms. The topological polar surface area (TPSA) is 59.4 Å². The second kappa shape index (κ2) is 8.45. The smallest absolute Gasteiger partial charge is 0.253 e. The van der Waals surface area contributed by atoms with E-state index in [-0.39, 0.29) is 11.7 Å². The molecule has 6 nitrogen and oxygen atoms in total. The number of carbonyl (C=O) groups excluding carboxylic acids is 1. The second-order valence-electron chi connectivity index (χ2n) is 7.05. The predicted molar refractivity (Wildman–Crippen MR) is 108 cm³/mol. The normalized spacial score (nSPS) is 12.8. The van der Waals surface area contributed by atoms with Gasteiger partial charge < -0.3 is 15.0 Å². The van der Waals surface area contributed by atoms with Crippen molar-refractivity contribution in [3.63, 3.8) is 0 Å². The van der Waals surface area contributed by atoms with Crippen LogP contribution in [-0.2, 0) is 24.4 Å². The highest BCUT2D eigenvalue weighted by atomic mass is 19.1. The number of anilines is 1. The van der Waals surface area contributed by atoms with Crippen LogP contribution in [0.2, 0.25) is 0 Å². The minimum absolute atomic E-state index is 0.108. The van der Waals surface area contributed by atoms with Gasteiger partial charge >= 0.3 is 0 Å². The van der Waals surface area contributed by atoms with Crippen molar-refractivity contribution < 1.29 is 13.9 Å². The van der Waals surface area contributed by atoms with Crippen LogP contribution in [0.3, 0.4) is 0 Å². The minimum Gasteiger partial charge on any atom is -0.383 e. The zero-order valence-corrected chi connectivity index (χ0v) is 16.3. The third-order valence-corrected chi connectivity index (χ3v) is 4.97. The molecule has 3 aromatic rings. The SMILES string of the molecule is COCCNC(=O)c1ccccc1N1Cc2cn(Cc3ccc(F)cc3)nc2C1. The molecule has 0 saturated carbocycles. The Balaban J connectivity index is 1.46. The lowest BCUT2D eigenvalue weighted by molar-refractivity contribution is 0.0937. The molecule has 0 unspecified atom stereocenters. The van der Waals surface area contributed by atoms with E-state index in [1.807, 2.05) is 35.1 Å². The Morgan fingerprint density at radius 2 is 1.97 bits per heavy atom. The highest BCUT2D eigenvalue weighted by Crippen LogP contribution is 2.30.